The van der Waals surface area contributed by atoms with Crippen molar-refractivity contribution in [2.75, 3.05) is 19.7 Å². The first-order chi connectivity index (χ1) is 5.29. The maximum Gasteiger partial charge on any atom is 0.345 e. The molecule has 2 nitrogen and oxygen atoms in total. The smallest absolute Gasteiger partial charge is 0.323 e. The number of ether oxygens (including phenoxy) is 1. The zero-order chi connectivity index (χ0) is 8.10. The van der Waals surface area contributed by atoms with E-state index in [1.807, 2.05) is 0 Å². The highest BCUT2D eigenvalue weighted by molar-refractivity contribution is 4.67. The summed E-state index contributed by atoms with van der Waals surface area (Å²) in [6, 6.07) is 0. The van der Waals surface area contributed by atoms with Crippen molar-refractivity contribution < 1.29 is 13.5 Å². The van der Waals surface area contributed by atoms with Gasteiger partial charge in [-0.3, -0.25) is 0 Å². The van der Waals surface area contributed by atoms with E-state index in [9.17, 15) is 8.78 Å². The Morgan fingerprint density at radius 3 is 2.55 bits per heavy atom. The molecule has 0 atom stereocenters. The number of halogens is 2. The van der Waals surface area contributed by atoms with Crippen molar-refractivity contribution in [1.82, 2.24) is 5.32 Å². The predicted molar refractivity (Wildman–Crippen MR) is 37.5 cm³/mol. The van der Waals surface area contributed by atoms with Crippen LogP contribution in [0.2, 0.25) is 0 Å². The molecule has 66 valence electrons. The first-order valence-electron chi connectivity index (χ1n) is 3.89. The van der Waals surface area contributed by atoms with Gasteiger partial charge in [0.15, 0.2) is 0 Å². The van der Waals surface area contributed by atoms with Gasteiger partial charge >= 0.3 is 6.61 Å². The van der Waals surface area contributed by atoms with Gasteiger partial charge in [-0.25, -0.2) is 0 Å². The fraction of sp³-hybridized carbons (Fsp3) is 1.00. The van der Waals surface area contributed by atoms with Gasteiger partial charge in [-0.2, -0.15) is 8.78 Å². The molecule has 0 bridgehead atoms. The second-order valence-corrected chi connectivity index (χ2v) is 2.79. The molecule has 0 aliphatic carbocycles. The largest absolute Gasteiger partial charge is 0.345 e. The quantitative estimate of drug-likeness (QED) is 0.679. The third-order valence-electron chi connectivity index (χ3n) is 1.92. The van der Waals surface area contributed by atoms with Gasteiger partial charge in [0, 0.05) is 0 Å². The number of nitrogens with one attached hydrogen (secondary N) is 1. The molecule has 0 radical (unpaired) electrons. The molecule has 0 aromatic carbocycles. The normalized spacial score (nSPS) is 21.0. The summed E-state index contributed by atoms with van der Waals surface area (Å²) in [4.78, 5) is 0. The molecule has 1 heterocycles. The molecule has 1 N–H and O–H groups in total. The minimum Gasteiger partial charge on any atom is -0.323 e. The van der Waals surface area contributed by atoms with Crippen LogP contribution in [0.25, 0.3) is 0 Å². The number of hydrogen-bond acceptors (Lipinski definition) is 2. The monoisotopic (exact) mass is 165 g/mol. The molecule has 0 amide bonds. The van der Waals surface area contributed by atoms with Crippen LogP contribution in [0.15, 0.2) is 0 Å². The van der Waals surface area contributed by atoms with Crippen LogP contribution in [-0.4, -0.2) is 26.3 Å². The lowest BCUT2D eigenvalue weighted by Gasteiger charge is -2.21. The minimum absolute atomic E-state index is 0.208. The summed E-state index contributed by atoms with van der Waals surface area (Å²) in [6.45, 7) is -0.543. The van der Waals surface area contributed by atoms with Crippen LogP contribution in [0.3, 0.4) is 0 Å². The van der Waals surface area contributed by atoms with Crippen LogP contribution in [0.4, 0.5) is 8.78 Å². The van der Waals surface area contributed by atoms with E-state index < -0.39 is 6.61 Å². The Morgan fingerprint density at radius 1 is 1.36 bits per heavy atom. The summed E-state index contributed by atoms with van der Waals surface area (Å²) in [5.74, 6) is 0.324. The first kappa shape index (κ1) is 8.87. The molecule has 4 heteroatoms. The molecular formula is C7H13F2NO. The maximum absolute atomic E-state index is 11.6. The van der Waals surface area contributed by atoms with Gasteiger partial charge in [0.05, 0.1) is 6.61 Å². The zero-order valence-corrected chi connectivity index (χ0v) is 6.35. The second kappa shape index (κ2) is 4.62. The summed E-state index contributed by atoms with van der Waals surface area (Å²) in [6.07, 6.45) is 1.90. The average Bonchev–Trinajstić information content (AvgIpc) is 2.03. The van der Waals surface area contributed by atoms with Crippen molar-refractivity contribution in [3.05, 3.63) is 0 Å². The molecule has 1 aliphatic rings. The van der Waals surface area contributed by atoms with Gasteiger partial charge in [0.25, 0.3) is 0 Å². The van der Waals surface area contributed by atoms with Crippen molar-refractivity contribution >= 4 is 0 Å². The first-order valence-corrected chi connectivity index (χ1v) is 3.89. The Labute approximate surface area is 64.9 Å². The molecule has 0 unspecified atom stereocenters. The molecule has 1 aliphatic heterocycles. The molecule has 0 saturated carbocycles. The standard InChI is InChI=1S/C7H13F2NO/c8-7(9)11-5-6-1-3-10-4-2-6/h6-7,10H,1-5H2. The molecule has 1 saturated heterocycles. The van der Waals surface area contributed by atoms with Gasteiger partial charge in [-0.15, -0.1) is 0 Å². The third kappa shape index (κ3) is 3.62. The summed E-state index contributed by atoms with van der Waals surface area (Å²) in [5.41, 5.74) is 0. The van der Waals surface area contributed by atoms with Gasteiger partial charge in [-0.05, 0) is 31.8 Å². The van der Waals surface area contributed by atoms with Crippen LogP contribution in [0, 0.1) is 5.92 Å². The molecule has 1 fully saturated rings. The van der Waals surface area contributed by atoms with E-state index in [-0.39, 0.29) is 6.61 Å². The molecular weight excluding hydrogens is 152 g/mol. The molecule has 0 aromatic heterocycles. The Hall–Kier alpha value is -0.220. The Kier molecular flexibility index (Phi) is 3.72. The van der Waals surface area contributed by atoms with Crippen molar-refractivity contribution in [2.45, 2.75) is 19.5 Å². The fourth-order valence-electron chi connectivity index (χ4n) is 1.26. The predicted octanol–water partition coefficient (Wildman–Crippen LogP) is 1.23. The highest BCUT2D eigenvalue weighted by Crippen LogP contribution is 2.12. The molecule has 0 aromatic rings. The van der Waals surface area contributed by atoms with Crippen LogP contribution in [-0.2, 0) is 4.74 Å². The lowest BCUT2D eigenvalue weighted by atomic mass is 9.99. The highest BCUT2D eigenvalue weighted by Gasteiger charge is 2.14. The molecule has 0 spiro atoms. The van der Waals surface area contributed by atoms with E-state index in [4.69, 9.17) is 0 Å². The Morgan fingerprint density at radius 2 is 2.00 bits per heavy atom. The van der Waals surface area contributed by atoms with E-state index in [1.54, 1.807) is 0 Å². The summed E-state index contributed by atoms with van der Waals surface area (Å²) in [5, 5.41) is 3.16. The van der Waals surface area contributed by atoms with Gasteiger partial charge < -0.3 is 10.1 Å². The molecule has 1 rings (SSSR count). The van der Waals surface area contributed by atoms with Crippen LogP contribution < -0.4 is 5.32 Å². The average molecular weight is 165 g/mol. The van der Waals surface area contributed by atoms with Crippen molar-refractivity contribution in [3.63, 3.8) is 0 Å². The van der Waals surface area contributed by atoms with Crippen molar-refractivity contribution in [2.24, 2.45) is 5.92 Å². The molecule has 11 heavy (non-hydrogen) atoms. The second-order valence-electron chi connectivity index (χ2n) is 2.79. The van der Waals surface area contributed by atoms with Crippen molar-refractivity contribution in [1.29, 1.82) is 0 Å². The number of hydrogen-bond donors (Lipinski definition) is 1. The van der Waals surface area contributed by atoms with E-state index in [1.165, 1.54) is 0 Å². The summed E-state index contributed by atoms with van der Waals surface area (Å²) >= 11 is 0. The Balaban J connectivity index is 2.05. The number of rotatable bonds is 3. The maximum atomic E-state index is 11.6. The van der Waals surface area contributed by atoms with Gasteiger partial charge in [0.1, 0.15) is 0 Å². The lowest BCUT2D eigenvalue weighted by molar-refractivity contribution is -0.139. The van der Waals surface area contributed by atoms with E-state index in [2.05, 4.69) is 10.1 Å². The summed E-state index contributed by atoms with van der Waals surface area (Å²) < 4.78 is 27.3. The Bertz CT molecular complexity index is 105. The van der Waals surface area contributed by atoms with E-state index in [0.29, 0.717) is 5.92 Å². The van der Waals surface area contributed by atoms with Crippen LogP contribution in [0.1, 0.15) is 12.8 Å². The van der Waals surface area contributed by atoms with Gasteiger partial charge in [0.2, 0.25) is 0 Å². The summed E-state index contributed by atoms with van der Waals surface area (Å²) in [7, 11) is 0. The number of piperidine rings is 1. The highest BCUT2D eigenvalue weighted by atomic mass is 19.3. The van der Waals surface area contributed by atoms with Crippen LogP contribution in [0.5, 0.6) is 0 Å². The number of alkyl halides is 2. The van der Waals surface area contributed by atoms with E-state index in [0.717, 1.165) is 25.9 Å². The van der Waals surface area contributed by atoms with Crippen molar-refractivity contribution in [3.8, 4) is 0 Å². The van der Waals surface area contributed by atoms with Crippen LogP contribution >= 0.6 is 0 Å². The van der Waals surface area contributed by atoms with E-state index >= 15 is 0 Å². The third-order valence-corrected chi connectivity index (χ3v) is 1.92. The SMILES string of the molecule is FC(F)OCC1CCNCC1. The van der Waals surface area contributed by atoms with Gasteiger partial charge in [-0.1, -0.05) is 0 Å². The fourth-order valence-corrected chi connectivity index (χ4v) is 1.26. The topological polar surface area (TPSA) is 21.3 Å². The minimum atomic E-state index is -2.61. The lowest BCUT2D eigenvalue weighted by Crippen LogP contribution is -2.30. The zero-order valence-electron chi connectivity index (χ0n) is 6.35.